The molecule has 1 aliphatic carbocycles. The fourth-order valence-electron chi connectivity index (χ4n) is 11.9. The molecule has 0 bridgehead atoms. The van der Waals surface area contributed by atoms with E-state index in [4.69, 9.17) is 4.42 Å². The molecule has 13 rings (SSSR count). The van der Waals surface area contributed by atoms with Gasteiger partial charge in [-0.2, -0.15) is 0 Å². The zero-order valence-corrected chi connectivity index (χ0v) is 39.0. The van der Waals surface area contributed by atoms with E-state index in [1.807, 2.05) is 11.3 Å². The van der Waals surface area contributed by atoms with Crippen LogP contribution in [0.5, 0.6) is 0 Å². The monoisotopic (exact) mass is 836 g/mol. The first-order valence-electron chi connectivity index (χ1n) is 23.0. The van der Waals surface area contributed by atoms with Crippen LogP contribution in [0.2, 0.25) is 0 Å². The molecule has 0 spiro atoms. The number of aromatic nitrogens is 1. The van der Waals surface area contributed by atoms with Crippen LogP contribution >= 0.6 is 11.3 Å². The molecule has 0 atom stereocenters. The van der Waals surface area contributed by atoms with Gasteiger partial charge in [0.05, 0.1) is 11.0 Å². The molecule has 3 aromatic heterocycles. The highest BCUT2D eigenvalue weighted by Crippen LogP contribution is 2.55. The Bertz CT molecular complexity index is 3650. The van der Waals surface area contributed by atoms with E-state index in [-0.39, 0.29) is 28.5 Å². The lowest BCUT2D eigenvalue weighted by molar-refractivity contribution is 0.332. The molecule has 63 heavy (non-hydrogen) atoms. The highest BCUT2D eigenvalue weighted by Gasteiger charge is 2.47. The number of hydrogen-bond donors (Lipinski definition) is 0. The van der Waals surface area contributed by atoms with Gasteiger partial charge >= 0.3 is 6.85 Å². The number of thiophene rings is 1. The zero-order chi connectivity index (χ0) is 43.3. The highest BCUT2D eigenvalue weighted by atomic mass is 32.1. The maximum absolute atomic E-state index is 6.79. The minimum atomic E-state index is -0.105. The lowest BCUT2D eigenvalue weighted by atomic mass is 9.43. The average Bonchev–Trinajstić information content (AvgIpc) is 3.92. The van der Waals surface area contributed by atoms with Gasteiger partial charge in [-0.3, -0.25) is 0 Å². The van der Waals surface area contributed by atoms with Crippen LogP contribution in [-0.4, -0.2) is 11.4 Å². The van der Waals surface area contributed by atoms with Gasteiger partial charge in [-0.05, 0) is 122 Å². The van der Waals surface area contributed by atoms with Crippen LogP contribution in [0.4, 0.5) is 11.4 Å². The summed E-state index contributed by atoms with van der Waals surface area (Å²) in [5, 5.41) is 7.82. The van der Waals surface area contributed by atoms with Gasteiger partial charge < -0.3 is 13.8 Å². The van der Waals surface area contributed by atoms with E-state index in [1.54, 1.807) is 0 Å². The van der Waals surface area contributed by atoms with Crippen LogP contribution in [0.3, 0.4) is 0 Å². The van der Waals surface area contributed by atoms with E-state index >= 15 is 0 Å². The number of nitrogens with zero attached hydrogens (tertiary/aromatic N) is 2. The van der Waals surface area contributed by atoms with Gasteiger partial charge in [-0.25, -0.2) is 0 Å². The Hall–Kier alpha value is -5.78. The van der Waals surface area contributed by atoms with E-state index in [1.165, 1.54) is 122 Å². The molecule has 0 saturated carbocycles. The Morgan fingerprint density at radius 3 is 2.00 bits per heavy atom. The first kappa shape index (κ1) is 37.8. The molecule has 0 fully saturated rings. The molecule has 0 saturated heterocycles. The molecule has 3 aliphatic rings. The van der Waals surface area contributed by atoms with E-state index < -0.39 is 0 Å². The number of furan rings is 1. The molecular weight excluding hydrogens is 784 g/mol. The summed E-state index contributed by atoms with van der Waals surface area (Å²) >= 11 is 1.98. The van der Waals surface area contributed by atoms with Gasteiger partial charge in [0.2, 0.25) is 0 Å². The van der Waals surface area contributed by atoms with Crippen molar-refractivity contribution in [1.82, 2.24) is 4.57 Å². The maximum atomic E-state index is 6.79. The van der Waals surface area contributed by atoms with Crippen molar-refractivity contribution < 1.29 is 4.42 Å². The van der Waals surface area contributed by atoms with Crippen molar-refractivity contribution in [3.63, 3.8) is 0 Å². The second kappa shape index (κ2) is 12.1. The normalized spacial score (nSPS) is 16.5. The van der Waals surface area contributed by atoms with Crippen LogP contribution < -0.4 is 15.7 Å². The predicted molar refractivity (Wildman–Crippen MR) is 273 cm³/mol. The molecule has 10 aromatic rings. The molecule has 2 aliphatic heterocycles. The third-order valence-electron chi connectivity index (χ3n) is 15.5. The average molecular weight is 837 g/mol. The second-order valence-electron chi connectivity index (χ2n) is 22.4. The summed E-state index contributed by atoms with van der Waals surface area (Å²) in [6, 6.07) is 44.8. The second-order valence-corrected chi connectivity index (χ2v) is 23.4. The van der Waals surface area contributed by atoms with Gasteiger partial charge in [-0.1, -0.05) is 130 Å². The number of para-hydroxylation sites is 1. The summed E-state index contributed by atoms with van der Waals surface area (Å²) in [6.45, 7) is 23.8. The topological polar surface area (TPSA) is 21.3 Å². The first-order chi connectivity index (χ1) is 30.0. The van der Waals surface area contributed by atoms with Crippen molar-refractivity contribution in [2.45, 2.75) is 104 Å². The van der Waals surface area contributed by atoms with Crippen molar-refractivity contribution in [2.24, 2.45) is 0 Å². The van der Waals surface area contributed by atoms with Crippen LogP contribution in [0.25, 0.3) is 80.7 Å². The first-order valence-corrected chi connectivity index (χ1v) is 23.8. The zero-order valence-electron chi connectivity index (χ0n) is 38.2. The summed E-state index contributed by atoms with van der Waals surface area (Å²) in [5.41, 5.74) is 19.4. The predicted octanol–water partition coefficient (Wildman–Crippen LogP) is 15.2. The van der Waals surface area contributed by atoms with Gasteiger partial charge in [0.25, 0.3) is 0 Å². The molecule has 5 heteroatoms. The quantitative estimate of drug-likeness (QED) is 0.154. The lowest BCUT2D eigenvalue weighted by Crippen LogP contribution is -2.60. The molecule has 0 radical (unpaired) electrons. The molecule has 0 unspecified atom stereocenters. The van der Waals surface area contributed by atoms with Gasteiger partial charge in [0.15, 0.2) is 0 Å². The Labute approximate surface area is 374 Å². The standard InChI is InChI=1S/C58H53BN2OS/c1-55(2,3)32-19-22-34(23-20-32)61-43-24-21-33(56(4,5)6)27-38(43)49-50-36-16-12-14-18-48(36)63-54(50)51-39-28-40-41(58(9,10)26-25-57(40,7)8)30-44(39)60-45-31-47-37(35-15-11-13-17-46(35)62-47)29-42(45)59(61)52(49)53(51)60/h11-24,27-31H,25-26H2,1-10H3. The van der Waals surface area contributed by atoms with Crippen molar-refractivity contribution in [3.05, 3.63) is 138 Å². The Kier molecular flexibility index (Phi) is 7.23. The SMILES string of the molecule is CC(C)(C)c1ccc(N2B3c4cc5c(cc4-n4c6cc7c(cc6c6c8sc9ccccc9c8c(c3c64)-c3cc(C(C)(C)C)ccc32)C(C)(C)CCC7(C)C)oc2ccccc25)cc1. The van der Waals surface area contributed by atoms with Gasteiger partial charge in [-0.15, -0.1) is 11.3 Å². The molecule has 310 valence electrons. The largest absolute Gasteiger partial charge is 0.456 e. The molecule has 7 aromatic carbocycles. The fraction of sp³-hybridized carbons (Fsp3) is 0.276. The molecule has 5 heterocycles. The minimum absolute atomic E-state index is 0.0314. The molecule has 0 amide bonds. The summed E-state index contributed by atoms with van der Waals surface area (Å²) in [4.78, 5) is 2.70. The van der Waals surface area contributed by atoms with Crippen molar-refractivity contribution in [2.75, 3.05) is 4.81 Å². The van der Waals surface area contributed by atoms with Crippen LogP contribution in [0, 0.1) is 0 Å². The summed E-state index contributed by atoms with van der Waals surface area (Å²) in [5.74, 6) is 0. The number of rotatable bonds is 1. The summed E-state index contributed by atoms with van der Waals surface area (Å²) in [7, 11) is 0. The number of benzene rings is 7. The van der Waals surface area contributed by atoms with Crippen LogP contribution in [-0.2, 0) is 21.7 Å². The van der Waals surface area contributed by atoms with E-state index in [9.17, 15) is 0 Å². The Balaban J connectivity index is 1.29. The third kappa shape index (κ3) is 4.98. The summed E-state index contributed by atoms with van der Waals surface area (Å²) in [6.07, 6.45) is 2.35. The Morgan fingerprint density at radius 1 is 0.603 bits per heavy atom. The molecule has 3 nitrogen and oxygen atoms in total. The van der Waals surface area contributed by atoms with Crippen molar-refractivity contribution in [1.29, 1.82) is 0 Å². The molecular formula is C58H53BN2OS. The van der Waals surface area contributed by atoms with Crippen molar-refractivity contribution >= 4 is 104 Å². The van der Waals surface area contributed by atoms with Crippen LogP contribution in [0.1, 0.15) is 104 Å². The number of anilines is 2. The minimum Gasteiger partial charge on any atom is -0.456 e. The van der Waals surface area contributed by atoms with E-state index in [0.717, 1.165) is 16.6 Å². The molecule has 0 N–H and O–H groups in total. The highest BCUT2D eigenvalue weighted by molar-refractivity contribution is 7.27. The lowest BCUT2D eigenvalue weighted by Gasteiger charge is -2.43. The number of fused-ring (bicyclic) bond motifs is 17. The van der Waals surface area contributed by atoms with Crippen LogP contribution in [0.15, 0.2) is 120 Å². The van der Waals surface area contributed by atoms with E-state index in [2.05, 4.69) is 194 Å². The fourth-order valence-corrected chi connectivity index (χ4v) is 13.2. The van der Waals surface area contributed by atoms with Crippen molar-refractivity contribution in [3.8, 4) is 16.8 Å². The van der Waals surface area contributed by atoms with E-state index in [0.29, 0.717) is 0 Å². The van der Waals surface area contributed by atoms with Gasteiger partial charge in [0, 0.05) is 70.4 Å². The Morgan fingerprint density at radius 2 is 1.27 bits per heavy atom. The smallest absolute Gasteiger partial charge is 0.333 e. The number of hydrogen-bond acceptors (Lipinski definition) is 3. The maximum Gasteiger partial charge on any atom is 0.333 e. The summed E-state index contributed by atoms with van der Waals surface area (Å²) < 4.78 is 12.2. The van der Waals surface area contributed by atoms with Gasteiger partial charge in [0.1, 0.15) is 11.2 Å². The third-order valence-corrected chi connectivity index (χ3v) is 16.7.